The minimum atomic E-state index is 0.492. The number of halogens is 1. The van der Waals surface area contributed by atoms with E-state index in [0.29, 0.717) is 22.6 Å². The highest BCUT2D eigenvalue weighted by Gasteiger charge is 2.04. The van der Waals surface area contributed by atoms with E-state index in [0.717, 1.165) is 12.1 Å². The number of aryl methyl sites for hydroxylation is 1. The molecular weight excluding hydrogens is 250 g/mol. The third kappa shape index (κ3) is 3.11. The third-order valence-corrected chi connectivity index (χ3v) is 2.56. The lowest BCUT2D eigenvalue weighted by Gasteiger charge is -2.09. The zero-order chi connectivity index (χ0) is 13.0. The van der Waals surface area contributed by atoms with Gasteiger partial charge >= 0.3 is 0 Å². The summed E-state index contributed by atoms with van der Waals surface area (Å²) in [6.07, 6.45) is 1.65. The van der Waals surface area contributed by atoms with Crippen LogP contribution in [0.1, 0.15) is 12.5 Å². The van der Waals surface area contributed by atoms with Crippen LogP contribution < -0.4 is 10.1 Å². The van der Waals surface area contributed by atoms with Gasteiger partial charge in [0.2, 0.25) is 11.8 Å². The smallest absolute Gasteiger partial charge is 0.225 e. The van der Waals surface area contributed by atoms with Crippen molar-refractivity contribution in [3.05, 3.63) is 41.0 Å². The molecule has 1 aromatic carbocycles. The fraction of sp³-hybridized carbons (Fsp3) is 0.231. The molecule has 2 aromatic rings. The normalized spacial score (nSPS) is 10.2. The van der Waals surface area contributed by atoms with E-state index in [-0.39, 0.29) is 0 Å². The van der Waals surface area contributed by atoms with Gasteiger partial charge in [-0.1, -0.05) is 17.7 Å². The molecule has 1 heterocycles. The lowest BCUT2D eigenvalue weighted by atomic mass is 10.2. The van der Waals surface area contributed by atoms with E-state index in [4.69, 9.17) is 16.3 Å². The second-order valence-electron chi connectivity index (χ2n) is 3.76. The van der Waals surface area contributed by atoms with Crippen LogP contribution in [0.3, 0.4) is 0 Å². The van der Waals surface area contributed by atoms with Gasteiger partial charge in [0.05, 0.1) is 0 Å². The molecule has 0 saturated carbocycles. The molecular formula is C13H14ClN3O. The predicted molar refractivity (Wildman–Crippen MR) is 72.5 cm³/mol. The average Bonchev–Trinajstić information content (AvgIpc) is 2.35. The first kappa shape index (κ1) is 12.6. The molecule has 0 saturated heterocycles. The zero-order valence-corrected chi connectivity index (χ0v) is 11.0. The van der Waals surface area contributed by atoms with Crippen LogP contribution in [-0.4, -0.2) is 16.5 Å². The highest BCUT2D eigenvalue weighted by atomic mass is 35.5. The maximum absolute atomic E-state index is 5.94. The Bertz CT molecular complexity index is 546. The molecule has 0 aliphatic rings. The van der Waals surface area contributed by atoms with Gasteiger partial charge in [0.25, 0.3) is 0 Å². The fourth-order valence-corrected chi connectivity index (χ4v) is 1.60. The van der Waals surface area contributed by atoms with E-state index in [1.54, 1.807) is 18.3 Å². The van der Waals surface area contributed by atoms with Crippen molar-refractivity contribution in [1.82, 2.24) is 9.97 Å². The predicted octanol–water partition coefficient (Wildman–Crippen LogP) is 3.66. The molecule has 0 radical (unpaired) electrons. The van der Waals surface area contributed by atoms with Crippen molar-refractivity contribution in [3.8, 4) is 11.6 Å². The summed E-state index contributed by atoms with van der Waals surface area (Å²) in [5.74, 6) is 1.74. The summed E-state index contributed by atoms with van der Waals surface area (Å²) in [5, 5.41) is 3.67. The molecule has 0 atom stereocenters. The largest absolute Gasteiger partial charge is 0.439 e. The van der Waals surface area contributed by atoms with E-state index in [1.807, 2.05) is 26.0 Å². The molecule has 0 aliphatic heterocycles. The van der Waals surface area contributed by atoms with E-state index in [2.05, 4.69) is 15.3 Å². The number of hydrogen-bond acceptors (Lipinski definition) is 4. The summed E-state index contributed by atoms with van der Waals surface area (Å²) in [6.45, 7) is 4.70. The van der Waals surface area contributed by atoms with Gasteiger partial charge in [-0.05, 0) is 31.5 Å². The van der Waals surface area contributed by atoms with Crippen LogP contribution >= 0.6 is 11.6 Å². The Hall–Kier alpha value is -1.81. The van der Waals surface area contributed by atoms with Crippen molar-refractivity contribution < 1.29 is 4.74 Å². The van der Waals surface area contributed by atoms with Crippen molar-refractivity contribution >= 4 is 17.5 Å². The standard InChI is InChI=1S/C13H14ClN3O/c1-3-15-13-16-7-6-12(17-13)18-11-8-10(14)5-4-9(11)2/h4-8H,3H2,1-2H3,(H,15,16,17). The summed E-state index contributed by atoms with van der Waals surface area (Å²) in [7, 11) is 0. The number of nitrogens with zero attached hydrogens (tertiary/aromatic N) is 2. The quantitative estimate of drug-likeness (QED) is 0.914. The van der Waals surface area contributed by atoms with Crippen LogP contribution in [0.5, 0.6) is 11.6 Å². The van der Waals surface area contributed by atoms with E-state index >= 15 is 0 Å². The lowest BCUT2D eigenvalue weighted by Crippen LogP contribution is -2.02. The van der Waals surface area contributed by atoms with Gasteiger partial charge in [0.15, 0.2) is 0 Å². The Balaban J connectivity index is 2.22. The first-order valence-electron chi connectivity index (χ1n) is 5.70. The number of ether oxygens (including phenoxy) is 1. The van der Waals surface area contributed by atoms with Gasteiger partial charge < -0.3 is 10.1 Å². The summed E-state index contributed by atoms with van der Waals surface area (Å²) in [5.41, 5.74) is 1.00. The van der Waals surface area contributed by atoms with Gasteiger partial charge in [-0.15, -0.1) is 0 Å². The van der Waals surface area contributed by atoms with Gasteiger partial charge in [0.1, 0.15) is 5.75 Å². The topological polar surface area (TPSA) is 47.0 Å². The molecule has 1 aromatic heterocycles. The Morgan fingerprint density at radius 1 is 1.33 bits per heavy atom. The highest BCUT2D eigenvalue weighted by molar-refractivity contribution is 6.30. The molecule has 0 fully saturated rings. The van der Waals surface area contributed by atoms with Crippen LogP contribution in [0.2, 0.25) is 5.02 Å². The molecule has 0 amide bonds. The Morgan fingerprint density at radius 2 is 2.17 bits per heavy atom. The summed E-state index contributed by atoms with van der Waals surface area (Å²) >= 11 is 5.94. The molecule has 94 valence electrons. The molecule has 0 aliphatic carbocycles. The van der Waals surface area contributed by atoms with Crippen molar-refractivity contribution in [2.24, 2.45) is 0 Å². The second kappa shape index (κ2) is 5.69. The van der Waals surface area contributed by atoms with Gasteiger partial charge in [-0.2, -0.15) is 4.98 Å². The first-order chi connectivity index (χ1) is 8.69. The molecule has 0 spiro atoms. The fourth-order valence-electron chi connectivity index (χ4n) is 1.44. The van der Waals surface area contributed by atoms with Crippen molar-refractivity contribution in [2.45, 2.75) is 13.8 Å². The van der Waals surface area contributed by atoms with Gasteiger partial charge in [0, 0.05) is 23.8 Å². The maximum Gasteiger partial charge on any atom is 0.225 e. The Labute approximate surface area is 111 Å². The lowest BCUT2D eigenvalue weighted by molar-refractivity contribution is 0.459. The number of anilines is 1. The number of nitrogens with one attached hydrogen (secondary N) is 1. The number of rotatable bonds is 4. The molecule has 18 heavy (non-hydrogen) atoms. The van der Waals surface area contributed by atoms with Gasteiger partial charge in [-0.3, -0.25) is 0 Å². The minimum absolute atomic E-state index is 0.492. The minimum Gasteiger partial charge on any atom is -0.439 e. The number of benzene rings is 1. The van der Waals surface area contributed by atoms with E-state index in [1.165, 1.54) is 0 Å². The van der Waals surface area contributed by atoms with Crippen LogP contribution in [0.15, 0.2) is 30.5 Å². The van der Waals surface area contributed by atoms with Crippen LogP contribution in [-0.2, 0) is 0 Å². The number of hydrogen-bond donors (Lipinski definition) is 1. The maximum atomic E-state index is 5.94. The molecule has 5 heteroatoms. The van der Waals surface area contributed by atoms with E-state index in [9.17, 15) is 0 Å². The Kier molecular flexibility index (Phi) is 3.99. The third-order valence-electron chi connectivity index (χ3n) is 2.33. The summed E-state index contributed by atoms with van der Waals surface area (Å²) in [4.78, 5) is 8.32. The highest BCUT2D eigenvalue weighted by Crippen LogP contribution is 2.26. The van der Waals surface area contributed by atoms with Crippen molar-refractivity contribution in [2.75, 3.05) is 11.9 Å². The van der Waals surface area contributed by atoms with Crippen LogP contribution in [0, 0.1) is 6.92 Å². The average molecular weight is 264 g/mol. The first-order valence-corrected chi connectivity index (χ1v) is 6.07. The van der Waals surface area contributed by atoms with Crippen LogP contribution in [0.25, 0.3) is 0 Å². The second-order valence-corrected chi connectivity index (χ2v) is 4.20. The summed E-state index contributed by atoms with van der Waals surface area (Å²) < 4.78 is 5.70. The number of aromatic nitrogens is 2. The van der Waals surface area contributed by atoms with Gasteiger partial charge in [-0.25, -0.2) is 4.98 Å². The zero-order valence-electron chi connectivity index (χ0n) is 10.3. The van der Waals surface area contributed by atoms with E-state index < -0.39 is 0 Å². The Morgan fingerprint density at radius 3 is 2.94 bits per heavy atom. The van der Waals surface area contributed by atoms with Crippen molar-refractivity contribution in [3.63, 3.8) is 0 Å². The van der Waals surface area contributed by atoms with Crippen LogP contribution in [0.4, 0.5) is 5.95 Å². The molecule has 0 unspecified atom stereocenters. The summed E-state index contributed by atoms with van der Waals surface area (Å²) in [6, 6.07) is 7.21. The SMILES string of the molecule is CCNc1nccc(Oc2cc(Cl)ccc2C)n1. The molecule has 1 N–H and O–H groups in total. The van der Waals surface area contributed by atoms with Crippen molar-refractivity contribution in [1.29, 1.82) is 0 Å². The molecule has 0 bridgehead atoms. The monoisotopic (exact) mass is 263 g/mol. The molecule has 4 nitrogen and oxygen atoms in total. The molecule has 2 rings (SSSR count).